The van der Waals surface area contributed by atoms with Crippen LogP contribution in [0.25, 0.3) is 10.8 Å². The van der Waals surface area contributed by atoms with Crippen molar-refractivity contribution in [2.24, 2.45) is 0 Å². The molecule has 0 fully saturated rings. The van der Waals surface area contributed by atoms with Crippen molar-refractivity contribution in [3.8, 4) is 11.5 Å². The van der Waals surface area contributed by atoms with Crippen LogP contribution in [-0.2, 0) is 11.2 Å². The van der Waals surface area contributed by atoms with E-state index in [1.54, 1.807) is 20.4 Å². The zero-order valence-corrected chi connectivity index (χ0v) is 10.8. The Balaban J connectivity index is 2.51. The molecule has 5 nitrogen and oxygen atoms in total. The molecule has 5 heteroatoms. The number of aryl methyl sites for hydroxylation is 1. The predicted octanol–water partition coefficient (Wildman–Crippen LogP) is 2.27. The molecule has 0 unspecified atom stereocenters. The van der Waals surface area contributed by atoms with E-state index in [4.69, 9.17) is 14.6 Å². The molecule has 0 spiro atoms. The topological polar surface area (TPSA) is 68.7 Å². The summed E-state index contributed by atoms with van der Waals surface area (Å²) in [6, 6.07) is 5.56. The van der Waals surface area contributed by atoms with E-state index >= 15 is 0 Å². The lowest BCUT2D eigenvalue weighted by atomic mass is 10.1. The summed E-state index contributed by atoms with van der Waals surface area (Å²) in [5.41, 5.74) is 0.751. The SMILES string of the molecule is COc1cc2ccnc(CCC(=O)O)c2cc1OC. The number of carboxylic acid groups (broad SMARTS) is 1. The van der Waals surface area contributed by atoms with Crippen LogP contribution in [0.2, 0.25) is 0 Å². The van der Waals surface area contributed by atoms with Gasteiger partial charge in [-0.15, -0.1) is 0 Å². The zero-order chi connectivity index (χ0) is 13.8. The van der Waals surface area contributed by atoms with Gasteiger partial charge in [0.25, 0.3) is 0 Å². The fourth-order valence-corrected chi connectivity index (χ4v) is 1.98. The molecule has 0 atom stereocenters. The number of aliphatic carboxylic acids is 1. The summed E-state index contributed by atoms with van der Waals surface area (Å²) < 4.78 is 10.5. The number of aromatic nitrogens is 1. The summed E-state index contributed by atoms with van der Waals surface area (Å²) in [4.78, 5) is 14.9. The molecule has 0 radical (unpaired) electrons. The van der Waals surface area contributed by atoms with Gasteiger partial charge in [0, 0.05) is 23.7 Å². The summed E-state index contributed by atoms with van der Waals surface area (Å²) >= 11 is 0. The molecule has 1 aromatic carbocycles. The Morgan fingerprint density at radius 2 is 1.95 bits per heavy atom. The summed E-state index contributed by atoms with van der Waals surface area (Å²) in [7, 11) is 3.15. The molecular weight excluding hydrogens is 246 g/mol. The first-order valence-electron chi connectivity index (χ1n) is 5.87. The Bertz CT molecular complexity index is 610. The largest absolute Gasteiger partial charge is 0.493 e. The maximum absolute atomic E-state index is 10.7. The number of rotatable bonds is 5. The van der Waals surface area contributed by atoms with E-state index in [1.807, 2.05) is 18.2 Å². The van der Waals surface area contributed by atoms with Gasteiger partial charge in [-0.3, -0.25) is 9.78 Å². The summed E-state index contributed by atoms with van der Waals surface area (Å²) in [5.74, 6) is 0.421. The van der Waals surface area contributed by atoms with Crippen LogP contribution in [0.1, 0.15) is 12.1 Å². The number of benzene rings is 1. The van der Waals surface area contributed by atoms with E-state index in [0.29, 0.717) is 17.9 Å². The lowest BCUT2D eigenvalue weighted by Gasteiger charge is -2.11. The third kappa shape index (κ3) is 2.76. The molecule has 0 aliphatic heterocycles. The molecule has 0 aliphatic carbocycles. The van der Waals surface area contributed by atoms with Gasteiger partial charge in [0.05, 0.1) is 20.6 Å². The van der Waals surface area contributed by atoms with Crippen molar-refractivity contribution in [2.45, 2.75) is 12.8 Å². The highest BCUT2D eigenvalue weighted by Gasteiger charge is 2.10. The van der Waals surface area contributed by atoms with Crippen LogP contribution in [0.3, 0.4) is 0 Å². The van der Waals surface area contributed by atoms with Crippen molar-refractivity contribution in [2.75, 3.05) is 14.2 Å². The second-order valence-corrected chi connectivity index (χ2v) is 4.08. The number of hydrogen-bond donors (Lipinski definition) is 1. The average molecular weight is 261 g/mol. The van der Waals surface area contributed by atoms with Crippen LogP contribution in [-0.4, -0.2) is 30.3 Å². The standard InChI is InChI=1S/C14H15NO4/c1-18-12-7-9-5-6-15-11(3-4-14(16)17)10(9)8-13(12)19-2/h5-8H,3-4H2,1-2H3,(H,16,17). The molecule has 19 heavy (non-hydrogen) atoms. The van der Waals surface area contributed by atoms with Crippen LogP contribution in [0.4, 0.5) is 0 Å². The fraction of sp³-hybridized carbons (Fsp3) is 0.286. The molecule has 1 N–H and O–H groups in total. The van der Waals surface area contributed by atoms with Gasteiger partial charge in [-0.25, -0.2) is 0 Å². The summed E-state index contributed by atoms with van der Waals surface area (Å²) in [6.07, 6.45) is 2.12. The summed E-state index contributed by atoms with van der Waals surface area (Å²) in [6.45, 7) is 0. The van der Waals surface area contributed by atoms with E-state index in [2.05, 4.69) is 4.98 Å². The van der Waals surface area contributed by atoms with E-state index < -0.39 is 5.97 Å². The first-order chi connectivity index (χ1) is 9.15. The first-order valence-corrected chi connectivity index (χ1v) is 5.87. The number of hydrogen-bond acceptors (Lipinski definition) is 4. The minimum Gasteiger partial charge on any atom is -0.493 e. The number of fused-ring (bicyclic) bond motifs is 1. The van der Waals surface area contributed by atoms with Crippen LogP contribution < -0.4 is 9.47 Å². The van der Waals surface area contributed by atoms with Crippen LogP contribution in [0.15, 0.2) is 24.4 Å². The van der Waals surface area contributed by atoms with Gasteiger partial charge in [-0.2, -0.15) is 0 Å². The van der Waals surface area contributed by atoms with Gasteiger partial charge in [0.2, 0.25) is 0 Å². The minimum absolute atomic E-state index is 0.0560. The quantitative estimate of drug-likeness (QED) is 0.894. The van der Waals surface area contributed by atoms with Gasteiger partial charge in [0.15, 0.2) is 11.5 Å². The number of ether oxygens (including phenoxy) is 2. The van der Waals surface area contributed by atoms with Crippen molar-refractivity contribution in [1.82, 2.24) is 4.98 Å². The second-order valence-electron chi connectivity index (χ2n) is 4.08. The Labute approximate surface area is 110 Å². The molecule has 0 aliphatic rings. The molecule has 0 saturated carbocycles. The van der Waals surface area contributed by atoms with E-state index in [0.717, 1.165) is 16.5 Å². The van der Waals surface area contributed by atoms with E-state index in [1.165, 1.54) is 0 Å². The highest BCUT2D eigenvalue weighted by molar-refractivity contribution is 5.88. The number of carbonyl (C=O) groups is 1. The third-order valence-corrected chi connectivity index (χ3v) is 2.93. The Hall–Kier alpha value is -2.30. The molecular formula is C14H15NO4. The Morgan fingerprint density at radius 1 is 1.26 bits per heavy atom. The maximum atomic E-state index is 10.7. The minimum atomic E-state index is -0.834. The number of pyridine rings is 1. The van der Waals surface area contributed by atoms with Gasteiger partial charge in [-0.05, 0) is 23.6 Å². The molecule has 0 amide bonds. The van der Waals surface area contributed by atoms with Crippen LogP contribution in [0.5, 0.6) is 11.5 Å². The smallest absolute Gasteiger partial charge is 0.303 e. The molecule has 0 bridgehead atoms. The number of nitrogens with zero attached hydrogens (tertiary/aromatic N) is 1. The van der Waals surface area contributed by atoms with Crippen LogP contribution in [0, 0.1) is 0 Å². The van der Waals surface area contributed by atoms with Gasteiger partial charge in [-0.1, -0.05) is 0 Å². The number of carboxylic acids is 1. The average Bonchev–Trinajstić information content (AvgIpc) is 2.43. The van der Waals surface area contributed by atoms with Crippen molar-refractivity contribution in [3.63, 3.8) is 0 Å². The predicted molar refractivity (Wildman–Crippen MR) is 70.8 cm³/mol. The van der Waals surface area contributed by atoms with Gasteiger partial charge >= 0.3 is 5.97 Å². The van der Waals surface area contributed by atoms with E-state index in [-0.39, 0.29) is 6.42 Å². The molecule has 0 saturated heterocycles. The van der Waals surface area contributed by atoms with Crippen molar-refractivity contribution in [3.05, 3.63) is 30.1 Å². The Kier molecular flexibility index (Phi) is 3.85. The first kappa shape index (κ1) is 13.1. The van der Waals surface area contributed by atoms with Gasteiger partial charge in [0.1, 0.15) is 0 Å². The zero-order valence-electron chi connectivity index (χ0n) is 10.8. The van der Waals surface area contributed by atoms with Crippen molar-refractivity contribution in [1.29, 1.82) is 0 Å². The van der Waals surface area contributed by atoms with Gasteiger partial charge < -0.3 is 14.6 Å². The molecule has 1 heterocycles. The fourth-order valence-electron chi connectivity index (χ4n) is 1.98. The lowest BCUT2D eigenvalue weighted by molar-refractivity contribution is -0.136. The summed E-state index contributed by atoms with van der Waals surface area (Å²) in [5, 5.41) is 10.6. The van der Waals surface area contributed by atoms with Crippen molar-refractivity contribution >= 4 is 16.7 Å². The second kappa shape index (κ2) is 5.56. The molecule has 2 rings (SSSR count). The maximum Gasteiger partial charge on any atom is 0.303 e. The normalized spacial score (nSPS) is 10.4. The third-order valence-electron chi connectivity index (χ3n) is 2.93. The Morgan fingerprint density at radius 3 is 2.58 bits per heavy atom. The highest BCUT2D eigenvalue weighted by atomic mass is 16.5. The molecule has 1 aromatic heterocycles. The lowest BCUT2D eigenvalue weighted by Crippen LogP contribution is -2.00. The highest BCUT2D eigenvalue weighted by Crippen LogP contribution is 2.33. The monoisotopic (exact) mass is 261 g/mol. The molecule has 100 valence electrons. The van der Waals surface area contributed by atoms with Crippen LogP contribution >= 0.6 is 0 Å². The van der Waals surface area contributed by atoms with E-state index in [9.17, 15) is 4.79 Å². The number of methoxy groups -OCH3 is 2. The molecule has 2 aromatic rings. The van der Waals surface area contributed by atoms with Crippen molar-refractivity contribution < 1.29 is 19.4 Å².